The van der Waals surface area contributed by atoms with E-state index >= 15 is 0 Å². The smallest absolute Gasteiger partial charge is 0.321 e. The fraction of sp³-hybridized carbons (Fsp3) is 0.316. The molecule has 0 spiro atoms. The lowest BCUT2D eigenvalue weighted by atomic mass is 10.2. The van der Waals surface area contributed by atoms with Crippen molar-refractivity contribution < 1.29 is 18.1 Å². The molecule has 2 aromatic rings. The first-order chi connectivity index (χ1) is 14.2. The number of urea groups is 1. The van der Waals surface area contributed by atoms with Crippen molar-refractivity contribution in [3.8, 4) is 0 Å². The molecule has 9 nitrogen and oxygen atoms in total. The number of nitro benzene ring substituents is 1. The van der Waals surface area contributed by atoms with Crippen molar-refractivity contribution >= 4 is 39.0 Å². The lowest BCUT2D eigenvalue weighted by molar-refractivity contribution is -0.385. The van der Waals surface area contributed by atoms with Gasteiger partial charge in [-0.2, -0.15) is 4.31 Å². The maximum atomic E-state index is 13.1. The molecule has 1 N–H and O–H groups in total. The van der Waals surface area contributed by atoms with Crippen LogP contribution in [0.3, 0.4) is 0 Å². The minimum atomic E-state index is -3.93. The second kappa shape index (κ2) is 8.99. The van der Waals surface area contributed by atoms with E-state index in [4.69, 9.17) is 11.6 Å². The molecule has 0 radical (unpaired) electrons. The summed E-state index contributed by atoms with van der Waals surface area (Å²) in [5.41, 5.74) is 0.448. The zero-order chi connectivity index (χ0) is 21.9. The highest BCUT2D eigenvalue weighted by Gasteiger charge is 2.31. The molecule has 0 aromatic heterocycles. The van der Waals surface area contributed by atoms with Crippen molar-refractivity contribution in [1.29, 1.82) is 0 Å². The fourth-order valence-electron chi connectivity index (χ4n) is 3.29. The maximum absolute atomic E-state index is 13.1. The van der Waals surface area contributed by atoms with Crippen LogP contribution in [0.15, 0.2) is 47.4 Å². The molecule has 1 fully saturated rings. The molecular weight excluding hydrogens is 432 g/mol. The molecule has 3 rings (SSSR count). The van der Waals surface area contributed by atoms with Crippen molar-refractivity contribution in [2.24, 2.45) is 0 Å². The van der Waals surface area contributed by atoms with Crippen molar-refractivity contribution in [2.45, 2.75) is 18.2 Å². The van der Waals surface area contributed by atoms with E-state index in [0.717, 1.165) is 0 Å². The van der Waals surface area contributed by atoms with Crippen LogP contribution in [0.1, 0.15) is 12.0 Å². The number of anilines is 1. The lowest BCUT2D eigenvalue weighted by Crippen LogP contribution is -2.39. The van der Waals surface area contributed by atoms with Crippen molar-refractivity contribution in [3.05, 3.63) is 63.2 Å². The van der Waals surface area contributed by atoms with Gasteiger partial charge in [-0.3, -0.25) is 10.1 Å². The van der Waals surface area contributed by atoms with E-state index in [2.05, 4.69) is 5.32 Å². The van der Waals surface area contributed by atoms with E-state index in [0.29, 0.717) is 23.7 Å². The van der Waals surface area contributed by atoms with E-state index in [1.165, 1.54) is 29.4 Å². The number of carbonyl (C=O) groups excluding carboxylic acids is 1. The number of halogens is 1. The monoisotopic (exact) mass is 452 g/mol. The Morgan fingerprint density at radius 3 is 2.47 bits per heavy atom. The van der Waals surface area contributed by atoms with Gasteiger partial charge in [0.1, 0.15) is 0 Å². The van der Waals surface area contributed by atoms with Crippen LogP contribution >= 0.6 is 11.6 Å². The lowest BCUT2D eigenvalue weighted by Gasteiger charge is -2.22. The first-order valence-corrected chi connectivity index (χ1v) is 11.1. The number of hydrogen-bond donors (Lipinski definition) is 1. The molecule has 1 aliphatic heterocycles. The van der Waals surface area contributed by atoms with E-state index < -0.39 is 14.9 Å². The van der Waals surface area contributed by atoms with Gasteiger partial charge >= 0.3 is 6.03 Å². The third kappa shape index (κ3) is 4.72. The van der Waals surface area contributed by atoms with Crippen LogP contribution in [0.25, 0.3) is 0 Å². The van der Waals surface area contributed by atoms with Crippen LogP contribution in [0.4, 0.5) is 16.2 Å². The number of nitrogens with one attached hydrogen (secondary N) is 1. The van der Waals surface area contributed by atoms with Gasteiger partial charge in [0.2, 0.25) is 10.0 Å². The molecule has 1 aliphatic rings. The molecule has 1 heterocycles. The van der Waals surface area contributed by atoms with E-state index in [9.17, 15) is 23.3 Å². The number of carbonyl (C=O) groups is 1. The first-order valence-electron chi connectivity index (χ1n) is 9.26. The molecule has 0 unspecified atom stereocenters. The molecule has 0 aliphatic carbocycles. The standard InChI is InChI=1S/C19H21ClN4O5S/c1-14-17(24(26)27)4-2-5-18(14)30(28,29)23-11-3-10-22(12-13-23)19(25)21-16-8-6-15(20)7-9-16/h2,4-9H,3,10-13H2,1H3,(H,21,25). The quantitative estimate of drug-likeness (QED) is 0.563. The van der Waals surface area contributed by atoms with Gasteiger partial charge in [0.25, 0.3) is 5.69 Å². The molecule has 2 amide bonds. The Hall–Kier alpha value is -2.69. The predicted molar refractivity (Wildman–Crippen MR) is 113 cm³/mol. The van der Waals surface area contributed by atoms with Crippen LogP contribution in [0.2, 0.25) is 5.02 Å². The summed E-state index contributed by atoms with van der Waals surface area (Å²) in [5, 5.41) is 14.5. The van der Waals surface area contributed by atoms with Crippen LogP contribution < -0.4 is 5.32 Å². The molecule has 2 aromatic carbocycles. The second-order valence-electron chi connectivity index (χ2n) is 6.84. The summed E-state index contributed by atoms with van der Waals surface area (Å²) in [6, 6.07) is 10.4. The summed E-state index contributed by atoms with van der Waals surface area (Å²) in [4.78, 5) is 24.6. The minimum absolute atomic E-state index is 0.0873. The third-order valence-corrected chi connectivity index (χ3v) is 7.20. The number of amides is 2. The molecular formula is C19H21ClN4O5S. The van der Waals surface area contributed by atoms with E-state index in [1.54, 1.807) is 29.2 Å². The Balaban J connectivity index is 1.73. The number of benzene rings is 2. The molecule has 0 saturated carbocycles. The first kappa shape index (κ1) is 22.0. The normalized spacial score (nSPS) is 15.5. The Morgan fingerprint density at radius 2 is 1.80 bits per heavy atom. The summed E-state index contributed by atoms with van der Waals surface area (Å²) in [7, 11) is -3.93. The van der Waals surface area contributed by atoms with Gasteiger partial charge in [0, 0.05) is 48.5 Å². The highest BCUT2D eigenvalue weighted by molar-refractivity contribution is 7.89. The average molecular weight is 453 g/mol. The second-order valence-corrected chi connectivity index (χ2v) is 9.18. The number of nitro groups is 1. The summed E-state index contributed by atoms with van der Waals surface area (Å²) >= 11 is 5.84. The van der Waals surface area contributed by atoms with Gasteiger partial charge in [-0.1, -0.05) is 17.7 Å². The minimum Gasteiger partial charge on any atom is -0.323 e. The summed E-state index contributed by atoms with van der Waals surface area (Å²) in [5.74, 6) is 0. The summed E-state index contributed by atoms with van der Waals surface area (Å²) in [6.07, 6.45) is 0.446. The average Bonchev–Trinajstić information content (AvgIpc) is 2.96. The molecule has 1 saturated heterocycles. The highest BCUT2D eigenvalue weighted by Crippen LogP contribution is 2.27. The molecule has 0 bridgehead atoms. The fourth-order valence-corrected chi connectivity index (χ4v) is 5.13. The van der Waals surface area contributed by atoms with E-state index in [1.807, 2.05) is 0 Å². The van der Waals surface area contributed by atoms with Gasteiger partial charge in [0.15, 0.2) is 0 Å². The Morgan fingerprint density at radius 1 is 1.10 bits per heavy atom. The van der Waals surface area contributed by atoms with E-state index in [-0.39, 0.29) is 41.8 Å². The Labute approximate surface area is 179 Å². The molecule has 160 valence electrons. The zero-order valence-electron chi connectivity index (χ0n) is 16.2. The summed E-state index contributed by atoms with van der Waals surface area (Å²) < 4.78 is 27.5. The highest BCUT2D eigenvalue weighted by atomic mass is 35.5. The summed E-state index contributed by atoms with van der Waals surface area (Å²) in [6.45, 7) is 2.33. The number of hydrogen-bond acceptors (Lipinski definition) is 5. The SMILES string of the molecule is Cc1c([N+](=O)[O-])cccc1S(=O)(=O)N1CCCN(C(=O)Nc2ccc(Cl)cc2)CC1. The van der Waals surface area contributed by atoms with Crippen LogP contribution in [0.5, 0.6) is 0 Å². The zero-order valence-corrected chi connectivity index (χ0v) is 17.8. The van der Waals surface area contributed by atoms with Gasteiger partial charge in [0.05, 0.1) is 9.82 Å². The number of rotatable bonds is 4. The van der Waals surface area contributed by atoms with Gasteiger partial charge in [-0.05, 0) is 43.7 Å². The predicted octanol–water partition coefficient (Wildman–Crippen LogP) is 3.49. The van der Waals surface area contributed by atoms with Crippen molar-refractivity contribution in [2.75, 3.05) is 31.5 Å². The number of nitrogens with zero attached hydrogens (tertiary/aromatic N) is 3. The number of sulfonamides is 1. The molecule has 0 atom stereocenters. The van der Waals surface area contributed by atoms with Gasteiger partial charge < -0.3 is 10.2 Å². The van der Waals surface area contributed by atoms with Crippen LogP contribution in [0, 0.1) is 17.0 Å². The van der Waals surface area contributed by atoms with Crippen LogP contribution in [-0.4, -0.2) is 54.8 Å². The Bertz CT molecular complexity index is 1060. The molecule has 11 heteroatoms. The maximum Gasteiger partial charge on any atom is 0.321 e. The van der Waals surface area contributed by atoms with Crippen molar-refractivity contribution in [3.63, 3.8) is 0 Å². The van der Waals surface area contributed by atoms with Crippen molar-refractivity contribution in [1.82, 2.24) is 9.21 Å². The Kier molecular flexibility index (Phi) is 6.59. The van der Waals surface area contributed by atoms with Gasteiger partial charge in [-0.15, -0.1) is 0 Å². The van der Waals surface area contributed by atoms with Gasteiger partial charge in [-0.25, -0.2) is 13.2 Å². The largest absolute Gasteiger partial charge is 0.323 e. The topological polar surface area (TPSA) is 113 Å². The molecule has 30 heavy (non-hydrogen) atoms. The van der Waals surface area contributed by atoms with Crippen LogP contribution in [-0.2, 0) is 10.0 Å². The third-order valence-electron chi connectivity index (χ3n) is 4.91.